The molecule has 7 heteroatoms. The Labute approximate surface area is 110 Å². The van der Waals surface area contributed by atoms with Crippen LogP contribution in [0.5, 0.6) is 0 Å². The van der Waals surface area contributed by atoms with E-state index in [0.29, 0.717) is 19.0 Å². The molecule has 1 saturated heterocycles. The molecule has 0 aliphatic carbocycles. The molecule has 0 bridgehead atoms. The number of anilines is 1. The Bertz CT molecular complexity index is 622. The molecule has 1 unspecified atom stereocenters. The number of pyridine rings is 1. The molecule has 0 spiro atoms. The maximum absolute atomic E-state index is 11.5. The first-order valence-electron chi connectivity index (χ1n) is 6.25. The van der Waals surface area contributed by atoms with Crippen LogP contribution in [0.2, 0.25) is 0 Å². The summed E-state index contributed by atoms with van der Waals surface area (Å²) in [6.07, 6.45) is 1.85. The van der Waals surface area contributed by atoms with Crippen molar-refractivity contribution in [2.45, 2.75) is 13.0 Å². The first kappa shape index (κ1) is 11.9. The van der Waals surface area contributed by atoms with Crippen molar-refractivity contribution in [2.75, 3.05) is 24.5 Å². The number of carbonyl (C=O) groups is 1. The summed E-state index contributed by atoms with van der Waals surface area (Å²) in [5.41, 5.74) is 7.29. The predicted octanol–water partition coefficient (Wildman–Crippen LogP) is -0.699. The van der Waals surface area contributed by atoms with Crippen LogP contribution < -0.4 is 16.0 Å². The number of nitrogens with zero attached hydrogens (tertiary/aromatic N) is 4. The van der Waals surface area contributed by atoms with Crippen molar-refractivity contribution in [3.8, 4) is 0 Å². The van der Waals surface area contributed by atoms with E-state index >= 15 is 0 Å². The molecule has 0 aromatic carbocycles. The summed E-state index contributed by atoms with van der Waals surface area (Å²) in [6.45, 7) is 3.98. The van der Waals surface area contributed by atoms with E-state index in [-0.39, 0.29) is 5.91 Å². The molecule has 1 aliphatic rings. The number of nitrogens with two attached hydrogens (primary N) is 1. The number of hydrogen-bond acceptors (Lipinski definition) is 5. The Balaban J connectivity index is 2.02. The van der Waals surface area contributed by atoms with Crippen LogP contribution in [0, 0.1) is 6.92 Å². The summed E-state index contributed by atoms with van der Waals surface area (Å²) in [5.74, 6) is 0.197. The van der Waals surface area contributed by atoms with Gasteiger partial charge in [0, 0.05) is 25.8 Å². The highest BCUT2D eigenvalue weighted by Gasteiger charge is 2.29. The van der Waals surface area contributed by atoms with E-state index in [0.717, 1.165) is 17.8 Å². The van der Waals surface area contributed by atoms with E-state index in [4.69, 9.17) is 5.73 Å². The van der Waals surface area contributed by atoms with Gasteiger partial charge < -0.3 is 16.0 Å². The third kappa shape index (κ3) is 2.01. The molecule has 1 amide bonds. The van der Waals surface area contributed by atoms with E-state index in [2.05, 4.69) is 15.4 Å². The fourth-order valence-corrected chi connectivity index (χ4v) is 2.35. The number of piperazine rings is 1. The molecule has 0 radical (unpaired) electrons. The van der Waals surface area contributed by atoms with Gasteiger partial charge in [0.1, 0.15) is 6.04 Å². The number of carbonyl (C=O) groups excluding carboxylic acids is 1. The second kappa shape index (κ2) is 4.51. The van der Waals surface area contributed by atoms with E-state index in [1.54, 1.807) is 4.52 Å². The number of primary amides is 1. The highest BCUT2D eigenvalue weighted by atomic mass is 16.1. The van der Waals surface area contributed by atoms with Crippen LogP contribution in [0.4, 0.5) is 5.95 Å². The van der Waals surface area contributed by atoms with Crippen LogP contribution in [0.25, 0.3) is 5.65 Å². The van der Waals surface area contributed by atoms with E-state index < -0.39 is 6.04 Å². The van der Waals surface area contributed by atoms with Crippen molar-refractivity contribution in [1.82, 2.24) is 19.9 Å². The standard InChI is InChI=1S/C12H16N6O/c1-8-3-2-5-18-11(8)15-12(16-18)17-6-4-14-7-9(17)10(13)19/h2-3,5,9,14H,4,6-7H2,1H3,(H2,13,19). The molecule has 3 N–H and O–H groups in total. The third-order valence-corrected chi connectivity index (χ3v) is 3.37. The average molecular weight is 260 g/mol. The Hall–Kier alpha value is -2.15. The zero-order chi connectivity index (χ0) is 13.4. The van der Waals surface area contributed by atoms with Crippen LogP contribution in [0.1, 0.15) is 5.56 Å². The minimum Gasteiger partial charge on any atom is -0.368 e. The number of amides is 1. The normalized spacial score (nSPS) is 19.8. The van der Waals surface area contributed by atoms with Crippen molar-refractivity contribution >= 4 is 17.5 Å². The number of aromatic nitrogens is 3. The molecule has 7 nitrogen and oxygen atoms in total. The minimum atomic E-state index is -0.397. The molecule has 0 saturated carbocycles. The molecule has 2 aromatic heterocycles. The van der Waals surface area contributed by atoms with Crippen LogP contribution >= 0.6 is 0 Å². The second-order valence-electron chi connectivity index (χ2n) is 4.69. The third-order valence-electron chi connectivity index (χ3n) is 3.37. The lowest BCUT2D eigenvalue weighted by molar-refractivity contribution is -0.119. The highest BCUT2D eigenvalue weighted by Crippen LogP contribution is 2.16. The van der Waals surface area contributed by atoms with Crippen molar-refractivity contribution in [2.24, 2.45) is 5.73 Å². The zero-order valence-corrected chi connectivity index (χ0v) is 10.7. The quantitative estimate of drug-likeness (QED) is 0.745. The van der Waals surface area contributed by atoms with Crippen molar-refractivity contribution < 1.29 is 4.79 Å². The Morgan fingerprint density at radius 3 is 3.16 bits per heavy atom. The van der Waals surface area contributed by atoms with Gasteiger partial charge in [-0.15, -0.1) is 5.10 Å². The SMILES string of the molecule is Cc1cccn2nc(N3CCNCC3C(N)=O)nc12. The van der Waals surface area contributed by atoms with E-state index in [1.807, 2.05) is 30.2 Å². The van der Waals surface area contributed by atoms with Gasteiger partial charge in [0.15, 0.2) is 5.65 Å². The monoisotopic (exact) mass is 260 g/mol. The van der Waals surface area contributed by atoms with Gasteiger partial charge >= 0.3 is 0 Å². The molecular weight excluding hydrogens is 244 g/mol. The van der Waals surface area contributed by atoms with Crippen molar-refractivity contribution in [1.29, 1.82) is 0 Å². The number of aryl methyl sites for hydroxylation is 1. The fourth-order valence-electron chi connectivity index (χ4n) is 2.35. The summed E-state index contributed by atoms with van der Waals surface area (Å²) >= 11 is 0. The Morgan fingerprint density at radius 2 is 2.42 bits per heavy atom. The maximum atomic E-state index is 11.5. The molecule has 2 aromatic rings. The molecule has 3 rings (SSSR count). The number of fused-ring (bicyclic) bond motifs is 1. The van der Waals surface area contributed by atoms with Crippen LogP contribution in [-0.4, -0.2) is 46.2 Å². The summed E-state index contributed by atoms with van der Waals surface area (Å²) in [6, 6.07) is 3.51. The van der Waals surface area contributed by atoms with Gasteiger partial charge in [-0.1, -0.05) is 6.07 Å². The van der Waals surface area contributed by atoms with Crippen molar-refractivity contribution in [3.63, 3.8) is 0 Å². The lowest BCUT2D eigenvalue weighted by atomic mass is 10.2. The summed E-state index contributed by atoms with van der Waals surface area (Å²) in [5, 5.41) is 7.58. The number of nitrogens with one attached hydrogen (secondary N) is 1. The smallest absolute Gasteiger partial charge is 0.246 e. The molecule has 3 heterocycles. The van der Waals surface area contributed by atoms with Crippen LogP contribution in [0.3, 0.4) is 0 Å². The minimum absolute atomic E-state index is 0.359. The van der Waals surface area contributed by atoms with Gasteiger partial charge in [-0.3, -0.25) is 4.79 Å². The van der Waals surface area contributed by atoms with Gasteiger partial charge in [0.2, 0.25) is 11.9 Å². The fraction of sp³-hybridized carbons (Fsp3) is 0.417. The highest BCUT2D eigenvalue weighted by molar-refractivity contribution is 5.83. The lowest BCUT2D eigenvalue weighted by Crippen LogP contribution is -2.57. The molecule has 1 aliphatic heterocycles. The second-order valence-corrected chi connectivity index (χ2v) is 4.69. The summed E-state index contributed by atoms with van der Waals surface area (Å²) in [7, 11) is 0. The first-order chi connectivity index (χ1) is 9.16. The molecule has 19 heavy (non-hydrogen) atoms. The lowest BCUT2D eigenvalue weighted by Gasteiger charge is -2.33. The van der Waals surface area contributed by atoms with Crippen LogP contribution in [0.15, 0.2) is 18.3 Å². The zero-order valence-electron chi connectivity index (χ0n) is 10.7. The Kier molecular flexibility index (Phi) is 2.83. The molecular formula is C12H16N6O. The molecule has 1 fully saturated rings. The largest absolute Gasteiger partial charge is 0.368 e. The van der Waals surface area contributed by atoms with Gasteiger partial charge in [-0.25, -0.2) is 4.52 Å². The number of hydrogen-bond donors (Lipinski definition) is 2. The van der Waals surface area contributed by atoms with E-state index in [1.165, 1.54) is 0 Å². The van der Waals surface area contributed by atoms with Crippen molar-refractivity contribution in [3.05, 3.63) is 23.9 Å². The van der Waals surface area contributed by atoms with Gasteiger partial charge in [-0.2, -0.15) is 4.98 Å². The predicted molar refractivity (Wildman–Crippen MR) is 70.9 cm³/mol. The van der Waals surface area contributed by atoms with E-state index in [9.17, 15) is 4.79 Å². The molecule has 1 atom stereocenters. The average Bonchev–Trinajstić information content (AvgIpc) is 2.84. The van der Waals surface area contributed by atoms with Gasteiger partial charge in [0.25, 0.3) is 0 Å². The topological polar surface area (TPSA) is 88.5 Å². The summed E-state index contributed by atoms with van der Waals surface area (Å²) in [4.78, 5) is 17.9. The van der Waals surface area contributed by atoms with Gasteiger partial charge in [0.05, 0.1) is 0 Å². The summed E-state index contributed by atoms with van der Waals surface area (Å²) < 4.78 is 1.73. The molecule has 100 valence electrons. The van der Waals surface area contributed by atoms with Crippen LogP contribution in [-0.2, 0) is 4.79 Å². The first-order valence-corrected chi connectivity index (χ1v) is 6.25. The maximum Gasteiger partial charge on any atom is 0.246 e. The Morgan fingerprint density at radius 1 is 1.58 bits per heavy atom. The van der Waals surface area contributed by atoms with Gasteiger partial charge in [-0.05, 0) is 18.6 Å². The number of rotatable bonds is 2.